The van der Waals surface area contributed by atoms with Crippen molar-refractivity contribution < 1.29 is 18.0 Å². The number of benzene rings is 1. The lowest BCUT2D eigenvalue weighted by Crippen LogP contribution is -2.14. The maximum atomic E-state index is 13.5. The van der Waals surface area contributed by atoms with Gasteiger partial charge in [-0.05, 0) is 18.6 Å². The molecule has 1 heterocycles. The predicted octanol–water partition coefficient (Wildman–Crippen LogP) is 3.97. The van der Waals surface area contributed by atoms with Crippen molar-refractivity contribution in [2.45, 2.75) is 13.3 Å². The van der Waals surface area contributed by atoms with Crippen LogP contribution in [0.1, 0.15) is 23.0 Å². The lowest BCUT2D eigenvalue weighted by molar-refractivity contribution is 0.102. The van der Waals surface area contributed by atoms with E-state index in [9.17, 15) is 18.0 Å². The van der Waals surface area contributed by atoms with Crippen molar-refractivity contribution in [2.75, 3.05) is 5.32 Å². The van der Waals surface area contributed by atoms with Gasteiger partial charge in [0.1, 0.15) is 11.0 Å². The molecular formula is C14H10ClF3N2O. The molecule has 0 radical (unpaired) electrons. The number of pyridine rings is 1. The number of rotatable bonds is 3. The minimum Gasteiger partial charge on any atom is -0.319 e. The molecule has 0 unspecified atom stereocenters. The van der Waals surface area contributed by atoms with Crippen molar-refractivity contribution in [1.29, 1.82) is 0 Å². The Hall–Kier alpha value is -2.08. The highest BCUT2D eigenvalue weighted by Crippen LogP contribution is 2.20. The minimum absolute atomic E-state index is 0.116. The highest BCUT2D eigenvalue weighted by atomic mass is 35.5. The first-order valence-corrected chi connectivity index (χ1v) is 6.41. The van der Waals surface area contributed by atoms with E-state index in [2.05, 4.69) is 10.3 Å². The third-order valence-corrected chi connectivity index (χ3v) is 2.92. The van der Waals surface area contributed by atoms with Gasteiger partial charge in [-0.25, -0.2) is 18.2 Å². The van der Waals surface area contributed by atoms with Crippen LogP contribution < -0.4 is 5.32 Å². The molecule has 110 valence electrons. The Morgan fingerprint density at radius 1 is 1.14 bits per heavy atom. The maximum absolute atomic E-state index is 13.5. The van der Waals surface area contributed by atoms with Crippen LogP contribution in [0.2, 0.25) is 5.15 Å². The van der Waals surface area contributed by atoms with Gasteiger partial charge in [0, 0.05) is 23.4 Å². The van der Waals surface area contributed by atoms with Gasteiger partial charge in [0.15, 0.2) is 11.6 Å². The van der Waals surface area contributed by atoms with Crippen molar-refractivity contribution in [2.24, 2.45) is 0 Å². The molecule has 1 amide bonds. The molecule has 3 nitrogen and oxygen atoms in total. The van der Waals surface area contributed by atoms with E-state index in [1.54, 1.807) is 0 Å². The second-order valence-corrected chi connectivity index (χ2v) is 4.61. The van der Waals surface area contributed by atoms with Crippen molar-refractivity contribution in [3.8, 4) is 0 Å². The van der Waals surface area contributed by atoms with Gasteiger partial charge in [-0.15, -0.1) is 0 Å². The standard InChI is InChI=1S/C14H10ClF3N2O/c1-2-8-3-7(4-13(15)19-8)14(21)20-12-6-10(17)9(16)5-11(12)18/h3-6H,2H2,1H3,(H,20,21). The molecule has 0 saturated heterocycles. The van der Waals surface area contributed by atoms with Crippen LogP contribution in [0.25, 0.3) is 0 Å². The van der Waals surface area contributed by atoms with Gasteiger partial charge in [0.05, 0.1) is 5.69 Å². The third kappa shape index (κ3) is 3.52. The fourth-order valence-electron chi connectivity index (χ4n) is 1.68. The summed E-state index contributed by atoms with van der Waals surface area (Å²) in [5.74, 6) is -4.35. The van der Waals surface area contributed by atoms with Gasteiger partial charge in [-0.2, -0.15) is 0 Å². The molecule has 1 N–H and O–H groups in total. The lowest BCUT2D eigenvalue weighted by atomic mass is 10.2. The lowest BCUT2D eigenvalue weighted by Gasteiger charge is -2.08. The number of amides is 1. The molecular weight excluding hydrogens is 305 g/mol. The molecule has 1 aromatic heterocycles. The second-order valence-electron chi connectivity index (χ2n) is 4.22. The average Bonchev–Trinajstić information content (AvgIpc) is 2.43. The number of halogens is 4. The second kappa shape index (κ2) is 6.13. The Balaban J connectivity index is 2.30. The molecule has 2 rings (SSSR count). The molecule has 0 aliphatic carbocycles. The quantitative estimate of drug-likeness (QED) is 0.688. The Morgan fingerprint density at radius 2 is 1.81 bits per heavy atom. The molecule has 7 heteroatoms. The first-order chi connectivity index (χ1) is 9.90. The summed E-state index contributed by atoms with van der Waals surface area (Å²) in [5.41, 5.74) is 0.277. The molecule has 0 saturated carbocycles. The number of aryl methyl sites for hydroxylation is 1. The summed E-state index contributed by atoms with van der Waals surface area (Å²) >= 11 is 5.78. The fraction of sp³-hybridized carbons (Fsp3) is 0.143. The number of nitrogens with zero attached hydrogens (tertiary/aromatic N) is 1. The number of hydrogen-bond acceptors (Lipinski definition) is 2. The zero-order chi connectivity index (χ0) is 15.6. The number of anilines is 1. The molecule has 2 aromatic rings. The fourth-order valence-corrected chi connectivity index (χ4v) is 1.90. The van der Waals surface area contributed by atoms with E-state index in [1.165, 1.54) is 12.1 Å². The summed E-state index contributed by atoms with van der Waals surface area (Å²) in [6.07, 6.45) is 0.556. The predicted molar refractivity (Wildman–Crippen MR) is 72.9 cm³/mol. The Morgan fingerprint density at radius 3 is 2.48 bits per heavy atom. The highest BCUT2D eigenvalue weighted by Gasteiger charge is 2.14. The van der Waals surface area contributed by atoms with Crippen LogP contribution in [0.5, 0.6) is 0 Å². The van der Waals surface area contributed by atoms with Crippen molar-refractivity contribution in [3.63, 3.8) is 0 Å². The first-order valence-electron chi connectivity index (χ1n) is 6.03. The van der Waals surface area contributed by atoms with Gasteiger partial charge in [0.25, 0.3) is 5.91 Å². The Labute approximate surface area is 123 Å². The maximum Gasteiger partial charge on any atom is 0.255 e. The van der Waals surface area contributed by atoms with Crippen LogP contribution in [0.3, 0.4) is 0 Å². The number of carbonyl (C=O) groups is 1. The molecule has 0 atom stereocenters. The first kappa shape index (κ1) is 15.3. The molecule has 0 aliphatic heterocycles. The molecule has 1 aromatic carbocycles. The zero-order valence-electron chi connectivity index (χ0n) is 10.9. The zero-order valence-corrected chi connectivity index (χ0v) is 11.6. The van der Waals surface area contributed by atoms with E-state index in [-0.39, 0.29) is 10.7 Å². The molecule has 0 bridgehead atoms. The van der Waals surface area contributed by atoms with Crippen LogP contribution in [0.15, 0.2) is 24.3 Å². The Kier molecular flexibility index (Phi) is 4.47. The monoisotopic (exact) mass is 314 g/mol. The van der Waals surface area contributed by atoms with Crippen LogP contribution in [0.4, 0.5) is 18.9 Å². The van der Waals surface area contributed by atoms with Crippen LogP contribution in [-0.4, -0.2) is 10.9 Å². The van der Waals surface area contributed by atoms with Gasteiger partial charge < -0.3 is 5.32 Å². The van der Waals surface area contributed by atoms with Gasteiger partial charge >= 0.3 is 0 Å². The van der Waals surface area contributed by atoms with E-state index in [1.807, 2.05) is 6.92 Å². The number of aromatic nitrogens is 1. The number of carbonyl (C=O) groups excluding carboxylic acids is 1. The minimum atomic E-state index is -1.33. The summed E-state index contributed by atoms with van der Waals surface area (Å²) in [6.45, 7) is 1.83. The summed E-state index contributed by atoms with van der Waals surface area (Å²) in [7, 11) is 0. The average molecular weight is 315 g/mol. The van der Waals surface area contributed by atoms with Crippen molar-refractivity contribution in [1.82, 2.24) is 4.98 Å². The van der Waals surface area contributed by atoms with E-state index >= 15 is 0 Å². The summed E-state index contributed by atoms with van der Waals surface area (Å²) in [6, 6.07) is 3.72. The van der Waals surface area contributed by atoms with E-state index < -0.39 is 29.0 Å². The summed E-state index contributed by atoms with van der Waals surface area (Å²) in [5, 5.41) is 2.28. The molecule has 21 heavy (non-hydrogen) atoms. The number of nitrogens with one attached hydrogen (secondary N) is 1. The third-order valence-electron chi connectivity index (χ3n) is 2.73. The smallest absolute Gasteiger partial charge is 0.255 e. The van der Waals surface area contributed by atoms with Gasteiger partial charge in [-0.3, -0.25) is 4.79 Å². The molecule has 0 aliphatic rings. The van der Waals surface area contributed by atoms with E-state index in [0.29, 0.717) is 24.2 Å². The van der Waals surface area contributed by atoms with Crippen molar-refractivity contribution >= 4 is 23.2 Å². The van der Waals surface area contributed by atoms with E-state index in [0.717, 1.165) is 0 Å². The summed E-state index contributed by atoms with van der Waals surface area (Å²) < 4.78 is 39.4. The van der Waals surface area contributed by atoms with Crippen LogP contribution in [-0.2, 0) is 6.42 Å². The Bertz CT molecular complexity index is 707. The molecule has 0 fully saturated rings. The van der Waals surface area contributed by atoms with Gasteiger partial charge in [0.2, 0.25) is 0 Å². The normalized spacial score (nSPS) is 10.5. The highest BCUT2D eigenvalue weighted by molar-refractivity contribution is 6.29. The van der Waals surface area contributed by atoms with E-state index in [4.69, 9.17) is 11.6 Å². The van der Waals surface area contributed by atoms with Crippen LogP contribution in [0, 0.1) is 17.5 Å². The largest absolute Gasteiger partial charge is 0.319 e. The topological polar surface area (TPSA) is 42.0 Å². The summed E-state index contributed by atoms with van der Waals surface area (Å²) in [4.78, 5) is 16.0. The molecule has 0 spiro atoms. The van der Waals surface area contributed by atoms with Crippen LogP contribution >= 0.6 is 11.6 Å². The SMILES string of the molecule is CCc1cc(C(=O)Nc2cc(F)c(F)cc2F)cc(Cl)n1. The van der Waals surface area contributed by atoms with Gasteiger partial charge in [-0.1, -0.05) is 18.5 Å². The van der Waals surface area contributed by atoms with Crippen molar-refractivity contribution in [3.05, 3.63) is 58.1 Å². The number of hydrogen-bond donors (Lipinski definition) is 1.